The third-order valence-electron chi connectivity index (χ3n) is 3.18. The molecule has 0 amide bonds. The Hall–Kier alpha value is -1.83. The van der Waals surface area contributed by atoms with Crippen molar-refractivity contribution in [2.24, 2.45) is 0 Å². The molecule has 1 aromatic heterocycles. The molecule has 0 fully saturated rings. The monoisotopic (exact) mass is 332 g/mol. The Morgan fingerprint density at radius 3 is 2.82 bits per heavy atom. The second kappa shape index (κ2) is 6.12. The number of aromatic amines is 1. The van der Waals surface area contributed by atoms with Gasteiger partial charge in [-0.1, -0.05) is 6.92 Å². The summed E-state index contributed by atoms with van der Waals surface area (Å²) in [5.74, 6) is 0.503. The number of ether oxygens (including phenoxy) is 1. The number of aryl methyl sites for hydroxylation is 1. The SMILES string of the molecule is CCC1=C(OP(=O)(O)OC)C[C@H](n2cc(C)c(=O)[nH]c2=O)O1. The molecule has 1 unspecified atom stereocenters. The van der Waals surface area contributed by atoms with E-state index >= 15 is 0 Å². The number of rotatable bonds is 5. The van der Waals surface area contributed by atoms with Crippen molar-refractivity contribution in [3.8, 4) is 0 Å². The van der Waals surface area contributed by atoms with Crippen molar-refractivity contribution in [3.63, 3.8) is 0 Å². The van der Waals surface area contributed by atoms with Crippen LogP contribution >= 0.6 is 7.82 Å². The average molecular weight is 332 g/mol. The maximum atomic E-state index is 11.9. The fourth-order valence-electron chi connectivity index (χ4n) is 2.04. The van der Waals surface area contributed by atoms with Crippen LogP contribution in [-0.4, -0.2) is 21.6 Å². The van der Waals surface area contributed by atoms with E-state index < -0.39 is 25.3 Å². The lowest BCUT2D eigenvalue weighted by Crippen LogP contribution is -2.33. The molecule has 1 aromatic rings. The number of nitrogens with zero attached hydrogens (tertiary/aromatic N) is 1. The maximum absolute atomic E-state index is 11.9. The van der Waals surface area contributed by atoms with E-state index in [1.54, 1.807) is 13.8 Å². The zero-order valence-corrected chi connectivity index (χ0v) is 13.3. The molecular formula is C12H17N2O7P. The largest absolute Gasteiger partial charge is 0.526 e. The number of phosphoric acid groups is 1. The lowest BCUT2D eigenvalue weighted by atomic mass is 10.3. The van der Waals surface area contributed by atoms with Crippen LogP contribution in [0.1, 0.15) is 31.6 Å². The lowest BCUT2D eigenvalue weighted by Gasteiger charge is -2.15. The van der Waals surface area contributed by atoms with Gasteiger partial charge in [0.1, 0.15) is 5.76 Å². The second-order valence-electron chi connectivity index (χ2n) is 4.70. The van der Waals surface area contributed by atoms with Crippen LogP contribution in [0.2, 0.25) is 0 Å². The van der Waals surface area contributed by atoms with E-state index in [1.807, 2.05) is 0 Å². The third kappa shape index (κ3) is 3.32. The van der Waals surface area contributed by atoms with Crippen LogP contribution in [0.3, 0.4) is 0 Å². The van der Waals surface area contributed by atoms with Crippen LogP contribution in [0, 0.1) is 6.92 Å². The number of H-pyrrole nitrogens is 1. The van der Waals surface area contributed by atoms with Crippen molar-refractivity contribution in [3.05, 3.63) is 44.1 Å². The van der Waals surface area contributed by atoms with E-state index in [0.717, 1.165) is 7.11 Å². The summed E-state index contributed by atoms with van der Waals surface area (Å²) >= 11 is 0. The van der Waals surface area contributed by atoms with E-state index in [4.69, 9.17) is 9.26 Å². The van der Waals surface area contributed by atoms with Crippen LogP contribution in [0.15, 0.2) is 27.3 Å². The first-order valence-electron chi connectivity index (χ1n) is 6.56. The minimum Gasteiger partial charge on any atom is -0.470 e. The van der Waals surface area contributed by atoms with Crippen molar-refractivity contribution in [1.82, 2.24) is 9.55 Å². The molecule has 10 heteroatoms. The van der Waals surface area contributed by atoms with Crippen LogP contribution in [0.4, 0.5) is 0 Å². The topological polar surface area (TPSA) is 120 Å². The van der Waals surface area contributed by atoms with Crippen molar-refractivity contribution in [2.45, 2.75) is 32.9 Å². The van der Waals surface area contributed by atoms with Crippen molar-refractivity contribution < 1.29 is 23.2 Å². The summed E-state index contributed by atoms with van der Waals surface area (Å²) in [5, 5.41) is 0. The second-order valence-corrected chi connectivity index (χ2v) is 6.18. The molecule has 0 radical (unpaired) electrons. The predicted octanol–water partition coefficient (Wildman–Crippen LogP) is 1.15. The van der Waals surface area contributed by atoms with Gasteiger partial charge < -0.3 is 9.26 Å². The molecule has 1 aliphatic heterocycles. The highest BCUT2D eigenvalue weighted by molar-refractivity contribution is 7.47. The molecule has 1 aliphatic rings. The molecular weight excluding hydrogens is 315 g/mol. The molecule has 2 heterocycles. The van der Waals surface area contributed by atoms with Gasteiger partial charge in [0.15, 0.2) is 12.0 Å². The first-order valence-corrected chi connectivity index (χ1v) is 8.05. The fraction of sp³-hybridized carbons (Fsp3) is 0.500. The minimum atomic E-state index is -4.20. The normalized spacial score (nSPS) is 20.6. The van der Waals surface area contributed by atoms with Gasteiger partial charge in [0, 0.05) is 25.3 Å². The summed E-state index contributed by atoms with van der Waals surface area (Å²) in [5.41, 5.74) is -0.754. The van der Waals surface area contributed by atoms with E-state index in [1.165, 1.54) is 10.8 Å². The Morgan fingerprint density at radius 1 is 1.55 bits per heavy atom. The summed E-state index contributed by atoms with van der Waals surface area (Å²) in [7, 11) is -3.15. The van der Waals surface area contributed by atoms with Gasteiger partial charge in [0.25, 0.3) is 5.56 Å². The molecule has 22 heavy (non-hydrogen) atoms. The van der Waals surface area contributed by atoms with Crippen molar-refractivity contribution in [1.29, 1.82) is 0 Å². The Balaban J connectivity index is 2.29. The molecule has 9 nitrogen and oxygen atoms in total. The van der Waals surface area contributed by atoms with Gasteiger partial charge in [-0.2, -0.15) is 0 Å². The summed E-state index contributed by atoms with van der Waals surface area (Å²) in [6, 6.07) is 0. The highest BCUT2D eigenvalue weighted by Crippen LogP contribution is 2.48. The molecule has 0 aromatic carbocycles. The highest BCUT2D eigenvalue weighted by Gasteiger charge is 2.33. The molecule has 0 bridgehead atoms. The molecule has 122 valence electrons. The van der Waals surface area contributed by atoms with Gasteiger partial charge in [-0.05, 0) is 6.92 Å². The Labute approximate surface area is 125 Å². The van der Waals surface area contributed by atoms with Gasteiger partial charge in [-0.3, -0.25) is 23.8 Å². The van der Waals surface area contributed by atoms with Crippen molar-refractivity contribution in [2.75, 3.05) is 7.11 Å². The number of aromatic nitrogens is 2. The summed E-state index contributed by atoms with van der Waals surface area (Å²) in [6.45, 7) is 3.33. The summed E-state index contributed by atoms with van der Waals surface area (Å²) < 4.78 is 27.6. The van der Waals surface area contributed by atoms with E-state index in [0.29, 0.717) is 17.7 Å². The standard InChI is InChI=1S/C12H17N2O7P/c1-4-8-9(21-22(17,18)19-3)5-10(20-8)14-6-7(2)11(15)13-12(14)16/h6,10H,4-5H2,1-3H3,(H,17,18)(H,13,15,16)/t10-/m1/s1. The number of allylic oxidation sites excluding steroid dienone is 1. The molecule has 0 saturated heterocycles. The number of hydrogen-bond donors (Lipinski definition) is 2. The number of hydrogen-bond acceptors (Lipinski definition) is 6. The Morgan fingerprint density at radius 2 is 2.23 bits per heavy atom. The highest BCUT2D eigenvalue weighted by atomic mass is 31.2. The fourth-order valence-corrected chi connectivity index (χ4v) is 2.57. The van der Waals surface area contributed by atoms with E-state index in [-0.39, 0.29) is 12.2 Å². The lowest BCUT2D eigenvalue weighted by molar-refractivity contribution is 0.0738. The van der Waals surface area contributed by atoms with Crippen LogP contribution < -0.4 is 11.2 Å². The van der Waals surface area contributed by atoms with E-state index in [9.17, 15) is 19.0 Å². The zero-order chi connectivity index (χ0) is 16.5. The molecule has 2 N–H and O–H groups in total. The van der Waals surface area contributed by atoms with Crippen LogP contribution in [0.25, 0.3) is 0 Å². The van der Waals surface area contributed by atoms with Gasteiger partial charge in [-0.25, -0.2) is 9.36 Å². The van der Waals surface area contributed by atoms with Crippen molar-refractivity contribution >= 4 is 7.82 Å². The van der Waals surface area contributed by atoms with Crippen LogP contribution in [-0.2, 0) is 18.3 Å². The first kappa shape index (κ1) is 16.5. The molecule has 2 rings (SSSR count). The molecule has 0 aliphatic carbocycles. The maximum Gasteiger partial charge on any atom is 0.526 e. The van der Waals surface area contributed by atoms with Gasteiger partial charge in [0.2, 0.25) is 0 Å². The number of phosphoric ester groups is 1. The minimum absolute atomic E-state index is 0.0719. The molecule has 2 atom stereocenters. The van der Waals surface area contributed by atoms with E-state index in [2.05, 4.69) is 9.51 Å². The summed E-state index contributed by atoms with van der Waals surface area (Å²) in [6.07, 6.45) is 1.09. The summed E-state index contributed by atoms with van der Waals surface area (Å²) in [4.78, 5) is 34.8. The molecule has 0 saturated carbocycles. The Kier molecular flexibility index (Phi) is 4.60. The average Bonchev–Trinajstić information content (AvgIpc) is 2.84. The van der Waals surface area contributed by atoms with Gasteiger partial charge >= 0.3 is 13.5 Å². The molecule has 0 spiro atoms. The van der Waals surface area contributed by atoms with Crippen LogP contribution in [0.5, 0.6) is 0 Å². The predicted molar refractivity (Wildman–Crippen MR) is 76.0 cm³/mol. The van der Waals surface area contributed by atoms with Gasteiger partial charge in [0.05, 0.1) is 6.42 Å². The zero-order valence-electron chi connectivity index (χ0n) is 12.4. The smallest absolute Gasteiger partial charge is 0.470 e. The number of nitrogens with one attached hydrogen (secondary N) is 1. The van der Waals surface area contributed by atoms with Gasteiger partial charge in [-0.15, -0.1) is 0 Å². The third-order valence-corrected chi connectivity index (χ3v) is 4.10. The Bertz CT molecular complexity index is 763. The quantitative estimate of drug-likeness (QED) is 0.776. The first-order chi connectivity index (χ1) is 10.3.